The van der Waals surface area contributed by atoms with E-state index in [1.54, 1.807) is 12.5 Å². The number of nitrogens with two attached hydrogens (primary N) is 1. The van der Waals surface area contributed by atoms with Gasteiger partial charge in [0.15, 0.2) is 11.0 Å². The van der Waals surface area contributed by atoms with Crippen molar-refractivity contribution >= 4 is 23.1 Å². The van der Waals surface area contributed by atoms with Gasteiger partial charge in [-0.25, -0.2) is 15.0 Å². The summed E-state index contributed by atoms with van der Waals surface area (Å²) in [7, 11) is 0. The molecule has 0 unspecified atom stereocenters. The minimum Gasteiger partial charge on any atom is -0.393 e. The fourth-order valence-corrected chi connectivity index (χ4v) is 2.03. The van der Waals surface area contributed by atoms with Gasteiger partial charge in [0.1, 0.15) is 11.5 Å². The summed E-state index contributed by atoms with van der Waals surface area (Å²) in [5.41, 5.74) is 6.30. The Labute approximate surface area is 123 Å². The molecule has 108 valence electrons. The van der Waals surface area contributed by atoms with Crippen molar-refractivity contribution in [3.05, 3.63) is 29.7 Å². The van der Waals surface area contributed by atoms with Gasteiger partial charge in [0.2, 0.25) is 0 Å². The number of nitrogen functional groups attached to an aromatic ring is 1. The Bertz CT molecular complexity index is 540. The van der Waals surface area contributed by atoms with Gasteiger partial charge in [-0.3, -0.25) is 0 Å². The molecule has 0 fully saturated rings. The Morgan fingerprint density at radius 2 is 2.25 bits per heavy atom. The van der Waals surface area contributed by atoms with Crippen molar-refractivity contribution < 1.29 is 0 Å². The van der Waals surface area contributed by atoms with Crippen molar-refractivity contribution in [1.82, 2.24) is 19.5 Å². The lowest BCUT2D eigenvalue weighted by Crippen LogP contribution is -2.11. The standard InChI is InChI=1S/C13H19ClN6/c1-2-4-10-18-12(14)11(15)13(19-10)17-5-3-7-20-8-6-16-9-20/h6,8-9H,2-5,7,15H2,1H3,(H,17,18,19). The Balaban J connectivity index is 1.91. The van der Waals surface area contributed by atoms with Gasteiger partial charge in [-0.2, -0.15) is 0 Å². The Morgan fingerprint density at radius 1 is 1.40 bits per heavy atom. The molecular formula is C13H19ClN6. The lowest BCUT2D eigenvalue weighted by atomic mass is 10.3. The van der Waals surface area contributed by atoms with Crippen molar-refractivity contribution in [2.75, 3.05) is 17.6 Å². The maximum Gasteiger partial charge on any atom is 0.157 e. The van der Waals surface area contributed by atoms with E-state index in [2.05, 4.69) is 27.2 Å². The molecule has 0 amide bonds. The highest BCUT2D eigenvalue weighted by Gasteiger charge is 2.09. The van der Waals surface area contributed by atoms with E-state index >= 15 is 0 Å². The van der Waals surface area contributed by atoms with E-state index in [4.69, 9.17) is 17.3 Å². The molecule has 6 nitrogen and oxygen atoms in total. The number of nitrogens with zero attached hydrogens (tertiary/aromatic N) is 4. The molecule has 2 aromatic heterocycles. The van der Waals surface area contributed by atoms with Crippen LogP contribution in [0.25, 0.3) is 0 Å². The summed E-state index contributed by atoms with van der Waals surface area (Å²) in [6.07, 6.45) is 8.22. The Kier molecular flexibility index (Phi) is 5.17. The highest BCUT2D eigenvalue weighted by Crippen LogP contribution is 2.23. The third-order valence-corrected chi connectivity index (χ3v) is 3.15. The molecular weight excluding hydrogens is 276 g/mol. The first-order chi connectivity index (χ1) is 9.70. The van der Waals surface area contributed by atoms with Crippen molar-refractivity contribution in [3.63, 3.8) is 0 Å². The highest BCUT2D eigenvalue weighted by molar-refractivity contribution is 6.32. The van der Waals surface area contributed by atoms with Crippen LogP contribution in [0.15, 0.2) is 18.7 Å². The average Bonchev–Trinajstić information content (AvgIpc) is 2.93. The van der Waals surface area contributed by atoms with Gasteiger partial charge in [-0.15, -0.1) is 0 Å². The summed E-state index contributed by atoms with van der Waals surface area (Å²) in [6, 6.07) is 0. The fraction of sp³-hybridized carbons (Fsp3) is 0.462. The monoisotopic (exact) mass is 294 g/mol. The minimum atomic E-state index is 0.320. The molecule has 20 heavy (non-hydrogen) atoms. The maximum atomic E-state index is 6.02. The van der Waals surface area contributed by atoms with Crippen LogP contribution in [0.2, 0.25) is 5.15 Å². The van der Waals surface area contributed by atoms with E-state index in [0.717, 1.165) is 38.2 Å². The van der Waals surface area contributed by atoms with Gasteiger partial charge in [0.05, 0.1) is 6.33 Å². The molecule has 2 heterocycles. The number of nitrogens with one attached hydrogen (secondary N) is 1. The summed E-state index contributed by atoms with van der Waals surface area (Å²) in [4.78, 5) is 12.6. The van der Waals surface area contributed by atoms with Crippen LogP contribution in [0.5, 0.6) is 0 Å². The molecule has 2 aromatic rings. The van der Waals surface area contributed by atoms with E-state index < -0.39 is 0 Å². The molecule has 0 radical (unpaired) electrons. The first kappa shape index (κ1) is 14.6. The molecule has 0 atom stereocenters. The second-order valence-corrected chi connectivity index (χ2v) is 4.88. The van der Waals surface area contributed by atoms with E-state index in [1.165, 1.54) is 0 Å². The van der Waals surface area contributed by atoms with E-state index in [1.807, 2.05) is 10.8 Å². The zero-order valence-electron chi connectivity index (χ0n) is 11.5. The molecule has 2 rings (SSSR count). The van der Waals surface area contributed by atoms with Crippen molar-refractivity contribution in [2.24, 2.45) is 0 Å². The van der Waals surface area contributed by atoms with E-state index in [0.29, 0.717) is 16.7 Å². The van der Waals surface area contributed by atoms with Crippen molar-refractivity contribution in [2.45, 2.75) is 32.7 Å². The molecule has 0 aliphatic heterocycles. The molecule has 7 heteroatoms. The first-order valence-electron chi connectivity index (χ1n) is 6.72. The van der Waals surface area contributed by atoms with Crippen LogP contribution in [-0.4, -0.2) is 26.1 Å². The molecule has 0 aliphatic carbocycles. The molecule has 3 N–H and O–H groups in total. The summed E-state index contributed by atoms with van der Waals surface area (Å²) >= 11 is 6.02. The lowest BCUT2D eigenvalue weighted by Gasteiger charge is -2.11. The second-order valence-electron chi connectivity index (χ2n) is 4.52. The number of halogens is 1. The zero-order chi connectivity index (χ0) is 14.4. The van der Waals surface area contributed by atoms with E-state index in [9.17, 15) is 0 Å². The highest BCUT2D eigenvalue weighted by atomic mass is 35.5. The predicted octanol–water partition coefficient (Wildman–Crippen LogP) is 2.36. The predicted molar refractivity (Wildman–Crippen MR) is 80.8 cm³/mol. The van der Waals surface area contributed by atoms with Gasteiger partial charge >= 0.3 is 0 Å². The summed E-state index contributed by atoms with van der Waals surface area (Å²) in [5, 5.41) is 3.54. The van der Waals surface area contributed by atoms with Crippen LogP contribution in [0, 0.1) is 0 Å². The maximum absolute atomic E-state index is 6.02. The quantitative estimate of drug-likeness (QED) is 0.605. The third-order valence-electron chi connectivity index (χ3n) is 2.86. The topological polar surface area (TPSA) is 81.6 Å². The Morgan fingerprint density at radius 3 is 2.95 bits per heavy atom. The molecule has 0 aliphatic rings. The summed E-state index contributed by atoms with van der Waals surface area (Å²) < 4.78 is 2.03. The number of hydrogen-bond acceptors (Lipinski definition) is 5. The van der Waals surface area contributed by atoms with Gasteiger partial charge in [0, 0.05) is 31.9 Å². The van der Waals surface area contributed by atoms with Crippen LogP contribution in [0.3, 0.4) is 0 Å². The summed E-state index contributed by atoms with van der Waals surface area (Å²) in [5.74, 6) is 1.35. The van der Waals surface area contributed by atoms with Crippen molar-refractivity contribution in [3.8, 4) is 0 Å². The SMILES string of the molecule is CCCc1nc(Cl)c(N)c(NCCCn2ccnc2)n1. The van der Waals surface area contributed by atoms with Crippen LogP contribution in [-0.2, 0) is 13.0 Å². The smallest absolute Gasteiger partial charge is 0.157 e. The number of rotatable bonds is 7. The lowest BCUT2D eigenvalue weighted by molar-refractivity contribution is 0.659. The zero-order valence-corrected chi connectivity index (χ0v) is 12.3. The van der Waals surface area contributed by atoms with Crippen molar-refractivity contribution in [1.29, 1.82) is 0 Å². The van der Waals surface area contributed by atoms with Crippen LogP contribution in [0.4, 0.5) is 11.5 Å². The van der Waals surface area contributed by atoms with Gasteiger partial charge < -0.3 is 15.6 Å². The molecule has 0 aromatic carbocycles. The van der Waals surface area contributed by atoms with Crippen LogP contribution >= 0.6 is 11.6 Å². The second kappa shape index (κ2) is 7.09. The fourth-order valence-electron chi connectivity index (χ4n) is 1.84. The normalized spacial score (nSPS) is 10.7. The molecule has 0 saturated heterocycles. The number of anilines is 2. The third kappa shape index (κ3) is 3.84. The largest absolute Gasteiger partial charge is 0.393 e. The number of aryl methyl sites for hydroxylation is 2. The minimum absolute atomic E-state index is 0.320. The average molecular weight is 295 g/mol. The van der Waals surface area contributed by atoms with E-state index in [-0.39, 0.29) is 0 Å². The number of aromatic nitrogens is 4. The number of imidazole rings is 1. The molecule has 0 saturated carbocycles. The molecule has 0 spiro atoms. The number of hydrogen-bond donors (Lipinski definition) is 2. The summed E-state index contributed by atoms with van der Waals surface area (Å²) in [6.45, 7) is 3.74. The van der Waals surface area contributed by atoms with Gasteiger partial charge in [-0.05, 0) is 12.8 Å². The first-order valence-corrected chi connectivity index (χ1v) is 7.10. The molecule has 0 bridgehead atoms. The Hall–Kier alpha value is -1.82. The van der Waals surface area contributed by atoms with Gasteiger partial charge in [-0.1, -0.05) is 18.5 Å². The van der Waals surface area contributed by atoms with Gasteiger partial charge in [0.25, 0.3) is 0 Å². The van der Waals surface area contributed by atoms with Crippen LogP contribution in [0.1, 0.15) is 25.6 Å². The van der Waals surface area contributed by atoms with Crippen LogP contribution < -0.4 is 11.1 Å².